The maximum Gasteiger partial charge on any atom is 1.00 e. The van der Waals surface area contributed by atoms with Gasteiger partial charge in [-0.3, -0.25) is 0 Å². The van der Waals surface area contributed by atoms with Gasteiger partial charge in [0.15, 0.2) is 0 Å². The summed E-state index contributed by atoms with van der Waals surface area (Å²) in [7, 11) is 0. The summed E-state index contributed by atoms with van der Waals surface area (Å²) in [5.41, 5.74) is 2.10. The Morgan fingerprint density at radius 1 is 0.923 bits per heavy atom. The van der Waals surface area contributed by atoms with Gasteiger partial charge >= 0.3 is 18.9 Å². The second-order valence-electron chi connectivity index (χ2n) is 2.52. The van der Waals surface area contributed by atoms with Crippen LogP contribution in [0.2, 0.25) is 0 Å². The predicted molar refractivity (Wildman–Crippen MR) is 48.5 cm³/mol. The standard InChI is InChI=1S/C11H8N.Li/c1-2-6-10(7-3-1)11-8-4-5-9-12-11;/h1-8H;/q-1;+1. The minimum absolute atomic E-state index is 0. The normalized spacial score (nSPS) is 8.92. The number of hydrogen-bond acceptors (Lipinski definition) is 1. The van der Waals surface area contributed by atoms with Crippen molar-refractivity contribution in [2.24, 2.45) is 0 Å². The zero-order chi connectivity index (χ0) is 8.23. The van der Waals surface area contributed by atoms with Crippen molar-refractivity contribution in [2.75, 3.05) is 0 Å². The van der Waals surface area contributed by atoms with E-state index >= 15 is 0 Å². The number of pyridine rings is 1. The molecule has 58 valence electrons. The van der Waals surface area contributed by atoms with Crippen molar-refractivity contribution in [2.45, 2.75) is 0 Å². The molecule has 0 aliphatic heterocycles. The first-order valence-corrected chi connectivity index (χ1v) is 3.85. The Bertz CT molecular complexity index is 307. The van der Waals surface area contributed by atoms with Gasteiger partial charge in [0.1, 0.15) is 0 Å². The predicted octanol–water partition coefficient (Wildman–Crippen LogP) is -0.447. The first kappa shape index (κ1) is 10.1. The van der Waals surface area contributed by atoms with Gasteiger partial charge in [-0.25, -0.2) is 0 Å². The van der Waals surface area contributed by atoms with E-state index in [9.17, 15) is 0 Å². The second kappa shape index (κ2) is 4.86. The fourth-order valence-corrected chi connectivity index (χ4v) is 1.10. The summed E-state index contributed by atoms with van der Waals surface area (Å²) in [5.74, 6) is 0. The van der Waals surface area contributed by atoms with Crippen molar-refractivity contribution in [1.29, 1.82) is 0 Å². The Morgan fingerprint density at radius 2 is 1.69 bits per heavy atom. The van der Waals surface area contributed by atoms with Gasteiger partial charge in [-0.1, -0.05) is 42.1 Å². The van der Waals surface area contributed by atoms with E-state index in [-0.39, 0.29) is 18.9 Å². The summed E-state index contributed by atoms with van der Waals surface area (Å²) in [6, 6.07) is 15.8. The third-order valence-electron chi connectivity index (χ3n) is 1.68. The minimum Gasteiger partial charge on any atom is -0.386 e. The topological polar surface area (TPSA) is 12.9 Å². The molecule has 0 amide bonds. The number of hydrogen-bond donors (Lipinski definition) is 0. The van der Waals surface area contributed by atoms with E-state index in [0.29, 0.717) is 0 Å². The summed E-state index contributed by atoms with van der Waals surface area (Å²) < 4.78 is 0. The molecule has 1 aromatic heterocycles. The molecule has 0 atom stereocenters. The molecule has 0 aliphatic carbocycles. The van der Waals surface area contributed by atoms with Crippen molar-refractivity contribution in [3.8, 4) is 11.3 Å². The first-order valence-electron chi connectivity index (χ1n) is 3.85. The van der Waals surface area contributed by atoms with Gasteiger partial charge in [0, 0.05) is 0 Å². The molecule has 0 saturated heterocycles. The Morgan fingerprint density at radius 3 is 2.31 bits per heavy atom. The Labute approximate surface area is 90.0 Å². The molecule has 1 nitrogen and oxygen atoms in total. The van der Waals surface area contributed by atoms with Gasteiger partial charge in [0.05, 0.1) is 0 Å². The molecule has 2 rings (SSSR count). The van der Waals surface area contributed by atoms with Crippen LogP contribution in [0.25, 0.3) is 11.3 Å². The number of benzene rings is 1. The number of aromatic nitrogens is 1. The molecule has 1 heterocycles. The quantitative estimate of drug-likeness (QED) is 0.408. The molecule has 0 bridgehead atoms. The fraction of sp³-hybridized carbons (Fsp3) is 0. The van der Waals surface area contributed by atoms with E-state index in [4.69, 9.17) is 0 Å². The van der Waals surface area contributed by atoms with Crippen LogP contribution >= 0.6 is 0 Å². The summed E-state index contributed by atoms with van der Waals surface area (Å²) >= 11 is 0. The van der Waals surface area contributed by atoms with Crippen LogP contribution in [-0.4, -0.2) is 4.98 Å². The minimum atomic E-state index is 0. The van der Waals surface area contributed by atoms with E-state index < -0.39 is 0 Å². The molecule has 1 aromatic carbocycles. The molecule has 0 spiro atoms. The monoisotopic (exact) mass is 161 g/mol. The molecule has 0 unspecified atom stereocenters. The average Bonchev–Trinajstić information content (AvgIpc) is 2.21. The van der Waals surface area contributed by atoms with Crippen LogP contribution in [0, 0.1) is 6.20 Å². The summed E-state index contributed by atoms with van der Waals surface area (Å²) in [6.45, 7) is 0. The van der Waals surface area contributed by atoms with Gasteiger partial charge in [0.2, 0.25) is 0 Å². The van der Waals surface area contributed by atoms with Crippen LogP contribution in [0.5, 0.6) is 0 Å². The van der Waals surface area contributed by atoms with Gasteiger partial charge in [0.25, 0.3) is 0 Å². The molecule has 0 radical (unpaired) electrons. The average molecular weight is 161 g/mol. The van der Waals surface area contributed by atoms with E-state index in [2.05, 4.69) is 11.2 Å². The molecule has 0 N–H and O–H groups in total. The largest absolute Gasteiger partial charge is 1.00 e. The third-order valence-corrected chi connectivity index (χ3v) is 1.68. The zero-order valence-corrected chi connectivity index (χ0v) is 7.57. The van der Waals surface area contributed by atoms with E-state index in [1.807, 2.05) is 42.5 Å². The van der Waals surface area contributed by atoms with E-state index in [1.165, 1.54) is 0 Å². The van der Waals surface area contributed by atoms with Gasteiger partial charge in [-0.05, 0) is 5.69 Å². The molecule has 0 saturated carbocycles. The molecule has 0 aliphatic rings. The summed E-state index contributed by atoms with van der Waals surface area (Å²) in [6.07, 6.45) is 2.81. The fourth-order valence-electron chi connectivity index (χ4n) is 1.10. The van der Waals surface area contributed by atoms with Crippen LogP contribution in [0.3, 0.4) is 0 Å². The van der Waals surface area contributed by atoms with Gasteiger partial charge in [-0.15, -0.1) is 6.07 Å². The number of rotatable bonds is 1. The molecule has 2 heteroatoms. The third kappa shape index (κ3) is 2.45. The molecule has 0 fully saturated rings. The summed E-state index contributed by atoms with van der Waals surface area (Å²) in [4.78, 5) is 4.12. The van der Waals surface area contributed by atoms with Crippen molar-refractivity contribution in [1.82, 2.24) is 4.98 Å². The maximum absolute atomic E-state index is 4.12. The molecule has 2 aromatic rings. The van der Waals surface area contributed by atoms with Gasteiger partial charge < -0.3 is 4.98 Å². The summed E-state index contributed by atoms with van der Waals surface area (Å²) in [5, 5.41) is 0. The van der Waals surface area contributed by atoms with Crippen LogP contribution in [0.4, 0.5) is 0 Å². The van der Waals surface area contributed by atoms with Crippen LogP contribution in [-0.2, 0) is 0 Å². The van der Waals surface area contributed by atoms with E-state index in [0.717, 1.165) is 11.3 Å². The van der Waals surface area contributed by atoms with Crippen LogP contribution in [0.1, 0.15) is 0 Å². The van der Waals surface area contributed by atoms with Crippen molar-refractivity contribution in [3.05, 3.63) is 54.7 Å². The van der Waals surface area contributed by atoms with E-state index in [1.54, 1.807) is 6.07 Å². The van der Waals surface area contributed by atoms with Crippen LogP contribution in [0.15, 0.2) is 48.5 Å². The maximum atomic E-state index is 4.12. The first-order chi connectivity index (χ1) is 5.97. The number of nitrogens with zero attached hydrogens (tertiary/aromatic N) is 1. The zero-order valence-electron chi connectivity index (χ0n) is 7.57. The van der Waals surface area contributed by atoms with Gasteiger partial charge in [-0.2, -0.15) is 12.1 Å². The van der Waals surface area contributed by atoms with Crippen LogP contribution < -0.4 is 18.9 Å². The molecular weight excluding hydrogens is 153 g/mol. The Kier molecular flexibility index (Phi) is 3.76. The SMILES string of the molecule is [Li+].[c-]1cccc(-c2ccccc2)n1. The Balaban J connectivity index is 0.000000845. The Hall–Kier alpha value is -1.03. The van der Waals surface area contributed by atoms with Crippen molar-refractivity contribution >= 4 is 0 Å². The smallest absolute Gasteiger partial charge is 0.386 e. The second-order valence-corrected chi connectivity index (χ2v) is 2.52. The molecule has 13 heavy (non-hydrogen) atoms. The van der Waals surface area contributed by atoms with Crippen molar-refractivity contribution < 1.29 is 18.9 Å². The van der Waals surface area contributed by atoms with Crippen molar-refractivity contribution in [3.63, 3.8) is 0 Å². The molecular formula is C11H8LiN.